The Morgan fingerprint density at radius 1 is 1.44 bits per heavy atom. The third kappa shape index (κ3) is 2.85. The summed E-state index contributed by atoms with van der Waals surface area (Å²) < 4.78 is 5.96. The molecular weight excluding hydrogens is 224 g/mol. The van der Waals surface area contributed by atoms with Crippen molar-refractivity contribution in [2.75, 3.05) is 18.0 Å². The quantitative estimate of drug-likeness (QED) is 0.873. The van der Waals surface area contributed by atoms with Crippen molar-refractivity contribution >= 4 is 5.69 Å². The maximum atomic E-state index is 5.96. The summed E-state index contributed by atoms with van der Waals surface area (Å²) in [5, 5.41) is 0. The molecule has 2 N–H and O–H groups in total. The summed E-state index contributed by atoms with van der Waals surface area (Å²) in [6.07, 6.45) is 0.250. The van der Waals surface area contributed by atoms with Gasteiger partial charge in [0.1, 0.15) is 0 Å². The highest BCUT2D eigenvalue weighted by atomic mass is 16.5. The van der Waals surface area contributed by atoms with E-state index >= 15 is 0 Å². The van der Waals surface area contributed by atoms with Crippen molar-refractivity contribution in [1.82, 2.24) is 0 Å². The number of morpholine rings is 1. The molecule has 1 aromatic carbocycles. The van der Waals surface area contributed by atoms with E-state index in [4.69, 9.17) is 10.5 Å². The van der Waals surface area contributed by atoms with E-state index in [-0.39, 0.29) is 11.7 Å². The normalized spacial score (nSPS) is 23.2. The number of hydrogen-bond acceptors (Lipinski definition) is 3. The number of hydrogen-bond donors (Lipinski definition) is 1. The molecule has 0 saturated carbocycles. The molecule has 0 bridgehead atoms. The number of aryl methyl sites for hydroxylation is 1. The van der Waals surface area contributed by atoms with Gasteiger partial charge in [-0.25, -0.2) is 0 Å². The molecule has 1 atom stereocenters. The summed E-state index contributed by atoms with van der Waals surface area (Å²) in [7, 11) is 0. The Kier molecular flexibility index (Phi) is 3.64. The van der Waals surface area contributed by atoms with Crippen LogP contribution in [0.5, 0.6) is 0 Å². The zero-order chi connectivity index (χ0) is 13.3. The molecule has 1 aliphatic rings. The molecule has 0 spiro atoms. The molecule has 1 fully saturated rings. The smallest absolute Gasteiger partial charge is 0.0805 e. The van der Waals surface area contributed by atoms with Crippen LogP contribution in [0.15, 0.2) is 18.2 Å². The topological polar surface area (TPSA) is 38.5 Å². The predicted molar refractivity (Wildman–Crippen MR) is 75.9 cm³/mol. The molecule has 1 saturated heterocycles. The average molecular weight is 248 g/mol. The van der Waals surface area contributed by atoms with Crippen LogP contribution in [-0.2, 0) is 11.3 Å². The molecule has 1 unspecified atom stereocenters. The lowest BCUT2D eigenvalue weighted by Gasteiger charge is -2.43. The zero-order valence-corrected chi connectivity index (χ0v) is 11.9. The Hall–Kier alpha value is -1.06. The highest BCUT2D eigenvalue weighted by Crippen LogP contribution is 2.29. The maximum Gasteiger partial charge on any atom is 0.0805 e. The molecule has 18 heavy (non-hydrogen) atoms. The van der Waals surface area contributed by atoms with Gasteiger partial charge in [-0.05, 0) is 44.9 Å². The molecular formula is C15H24N2O. The highest BCUT2D eigenvalue weighted by Gasteiger charge is 2.32. The summed E-state index contributed by atoms with van der Waals surface area (Å²) >= 11 is 0. The molecule has 0 amide bonds. The van der Waals surface area contributed by atoms with Crippen LogP contribution in [0.2, 0.25) is 0 Å². The van der Waals surface area contributed by atoms with Crippen molar-refractivity contribution < 1.29 is 4.74 Å². The predicted octanol–water partition coefficient (Wildman–Crippen LogP) is 2.46. The molecule has 3 nitrogen and oxygen atoms in total. The molecule has 3 heteroatoms. The Morgan fingerprint density at radius 2 is 2.17 bits per heavy atom. The minimum absolute atomic E-state index is 0.104. The standard InChI is InChI=1S/C15H24N2O/c1-11-5-6-13(8-16)14(7-11)17-9-12(2)18-15(3,4)10-17/h5-7,12H,8-10,16H2,1-4H3. The SMILES string of the molecule is Cc1ccc(CN)c(N2CC(C)OC(C)(C)C2)c1. The van der Waals surface area contributed by atoms with Gasteiger partial charge in [-0.2, -0.15) is 0 Å². The number of nitrogens with zero attached hydrogens (tertiary/aromatic N) is 1. The second-order valence-corrected chi connectivity index (χ2v) is 5.90. The molecule has 1 heterocycles. The lowest BCUT2D eigenvalue weighted by molar-refractivity contribution is -0.0750. The highest BCUT2D eigenvalue weighted by molar-refractivity contribution is 5.56. The van der Waals surface area contributed by atoms with Gasteiger partial charge < -0.3 is 15.4 Å². The van der Waals surface area contributed by atoms with Gasteiger partial charge in [0.05, 0.1) is 11.7 Å². The van der Waals surface area contributed by atoms with Crippen LogP contribution >= 0.6 is 0 Å². The van der Waals surface area contributed by atoms with E-state index in [2.05, 4.69) is 50.8 Å². The second kappa shape index (κ2) is 4.90. The van der Waals surface area contributed by atoms with E-state index in [0.717, 1.165) is 13.1 Å². The molecule has 0 radical (unpaired) electrons. The first-order chi connectivity index (χ1) is 8.41. The lowest BCUT2D eigenvalue weighted by Crippen LogP contribution is -2.52. The van der Waals surface area contributed by atoms with Crippen LogP contribution in [0.4, 0.5) is 5.69 Å². The Bertz CT molecular complexity index is 429. The van der Waals surface area contributed by atoms with Gasteiger partial charge in [-0.3, -0.25) is 0 Å². The molecule has 100 valence electrons. The molecule has 0 aromatic heterocycles. The van der Waals surface area contributed by atoms with E-state index < -0.39 is 0 Å². The fraction of sp³-hybridized carbons (Fsp3) is 0.600. The third-order valence-electron chi connectivity index (χ3n) is 3.37. The van der Waals surface area contributed by atoms with E-state index in [0.29, 0.717) is 6.54 Å². The maximum absolute atomic E-state index is 5.96. The zero-order valence-electron chi connectivity index (χ0n) is 11.9. The van der Waals surface area contributed by atoms with Crippen molar-refractivity contribution in [2.24, 2.45) is 5.73 Å². The van der Waals surface area contributed by atoms with Crippen molar-refractivity contribution in [3.8, 4) is 0 Å². The first-order valence-corrected chi connectivity index (χ1v) is 6.63. The summed E-state index contributed by atoms with van der Waals surface area (Å²) in [6, 6.07) is 6.49. The number of rotatable bonds is 2. The van der Waals surface area contributed by atoms with Gasteiger partial charge in [0.2, 0.25) is 0 Å². The van der Waals surface area contributed by atoms with Crippen LogP contribution in [0, 0.1) is 6.92 Å². The number of nitrogens with two attached hydrogens (primary N) is 1. The minimum Gasteiger partial charge on any atom is -0.369 e. The Balaban J connectivity index is 2.32. The van der Waals surface area contributed by atoms with Crippen LogP contribution in [0.25, 0.3) is 0 Å². The van der Waals surface area contributed by atoms with E-state index in [1.165, 1.54) is 16.8 Å². The van der Waals surface area contributed by atoms with Crippen molar-refractivity contribution in [2.45, 2.75) is 45.9 Å². The number of ether oxygens (including phenoxy) is 1. The monoisotopic (exact) mass is 248 g/mol. The summed E-state index contributed by atoms with van der Waals surface area (Å²) in [6.45, 7) is 11.0. The summed E-state index contributed by atoms with van der Waals surface area (Å²) in [4.78, 5) is 2.41. The number of anilines is 1. The Labute approximate surface area is 110 Å². The van der Waals surface area contributed by atoms with E-state index in [1.54, 1.807) is 0 Å². The van der Waals surface area contributed by atoms with Crippen LogP contribution in [0.1, 0.15) is 31.9 Å². The fourth-order valence-corrected chi connectivity index (χ4v) is 2.78. The average Bonchev–Trinajstić information content (AvgIpc) is 2.26. The van der Waals surface area contributed by atoms with Crippen LogP contribution in [-0.4, -0.2) is 24.8 Å². The molecule has 0 aliphatic carbocycles. The van der Waals surface area contributed by atoms with Gasteiger partial charge in [0.25, 0.3) is 0 Å². The van der Waals surface area contributed by atoms with Gasteiger partial charge in [-0.15, -0.1) is 0 Å². The molecule has 1 aliphatic heterocycles. The molecule has 1 aromatic rings. The van der Waals surface area contributed by atoms with Crippen molar-refractivity contribution in [1.29, 1.82) is 0 Å². The summed E-state index contributed by atoms with van der Waals surface area (Å²) in [5.41, 5.74) is 9.50. The first-order valence-electron chi connectivity index (χ1n) is 6.63. The first kappa shape index (κ1) is 13.4. The Morgan fingerprint density at radius 3 is 2.78 bits per heavy atom. The van der Waals surface area contributed by atoms with Crippen molar-refractivity contribution in [3.63, 3.8) is 0 Å². The third-order valence-corrected chi connectivity index (χ3v) is 3.37. The molecule has 2 rings (SSSR count). The van der Waals surface area contributed by atoms with Crippen LogP contribution < -0.4 is 10.6 Å². The van der Waals surface area contributed by atoms with Gasteiger partial charge >= 0.3 is 0 Å². The summed E-state index contributed by atoms with van der Waals surface area (Å²) in [5.74, 6) is 0. The van der Waals surface area contributed by atoms with Crippen LogP contribution in [0.3, 0.4) is 0 Å². The van der Waals surface area contributed by atoms with Gasteiger partial charge in [0.15, 0.2) is 0 Å². The van der Waals surface area contributed by atoms with E-state index in [9.17, 15) is 0 Å². The largest absolute Gasteiger partial charge is 0.369 e. The second-order valence-electron chi connectivity index (χ2n) is 5.90. The van der Waals surface area contributed by atoms with Gasteiger partial charge in [0, 0.05) is 25.3 Å². The van der Waals surface area contributed by atoms with E-state index in [1.807, 2.05) is 0 Å². The fourth-order valence-electron chi connectivity index (χ4n) is 2.78. The number of benzene rings is 1. The minimum atomic E-state index is -0.104. The van der Waals surface area contributed by atoms with Crippen molar-refractivity contribution in [3.05, 3.63) is 29.3 Å². The lowest BCUT2D eigenvalue weighted by atomic mass is 10.0. The van der Waals surface area contributed by atoms with Gasteiger partial charge in [-0.1, -0.05) is 12.1 Å².